The number of aromatic amines is 1. The predicted molar refractivity (Wildman–Crippen MR) is 85.7 cm³/mol. The Morgan fingerprint density at radius 2 is 2.27 bits per heavy atom. The zero-order valence-corrected chi connectivity index (χ0v) is 12.6. The van der Waals surface area contributed by atoms with E-state index >= 15 is 0 Å². The zero-order chi connectivity index (χ0) is 15.7. The average molecular weight is 297 g/mol. The topological polar surface area (TPSA) is 65.2 Å². The Bertz CT molecular complexity index is 747. The molecule has 1 aromatic heterocycles. The average Bonchev–Trinajstić information content (AvgIpc) is 3.13. The van der Waals surface area contributed by atoms with Gasteiger partial charge in [-0.15, -0.1) is 0 Å². The quantitative estimate of drug-likeness (QED) is 0.851. The Kier molecular flexibility index (Phi) is 3.71. The number of hydrogen-bond acceptors (Lipinski definition) is 2. The van der Waals surface area contributed by atoms with E-state index in [9.17, 15) is 9.59 Å². The van der Waals surface area contributed by atoms with Crippen LogP contribution in [0, 0.1) is 6.92 Å². The van der Waals surface area contributed by atoms with Gasteiger partial charge >= 0.3 is 0 Å². The molecule has 22 heavy (non-hydrogen) atoms. The molecule has 1 aliphatic rings. The van der Waals surface area contributed by atoms with Crippen LogP contribution < -0.4 is 5.32 Å². The normalized spacial score (nSPS) is 17.7. The summed E-state index contributed by atoms with van der Waals surface area (Å²) in [5, 5.41) is 3.97. The molecule has 2 amide bonds. The summed E-state index contributed by atoms with van der Waals surface area (Å²) in [5.74, 6) is -0.188. The van der Waals surface area contributed by atoms with E-state index in [-0.39, 0.29) is 17.9 Å². The van der Waals surface area contributed by atoms with Gasteiger partial charge in [0.15, 0.2) is 0 Å². The molecular formula is C17H19N3O2. The number of aromatic nitrogens is 1. The summed E-state index contributed by atoms with van der Waals surface area (Å²) in [6, 6.07) is 5.73. The molecule has 1 fully saturated rings. The van der Waals surface area contributed by atoms with Crippen LogP contribution in [0.25, 0.3) is 10.9 Å². The molecule has 0 saturated carbocycles. The second-order valence-electron chi connectivity index (χ2n) is 5.68. The number of fused-ring (bicyclic) bond motifs is 1. The van der Waals surface area contributed by atoms with Crippen molar-refractivity contribution >= 4 is 22.7 Å². The van der Waals surface area contributed by atoms with Crippen molar-refractivity contribution in [2.45, 2.75) is 19.4 Å². The van der Waals surface area contributed by atoms with E-state index in [1.165, 1.54) is 11.6 Å². The van der Waals surface area contributed by atoms with Crippen LogP contribution in [-0.4, -0.2) is 40.8 Å². The molecule has 2 aromatic rings. The van der Waals surface area contributed by atoms with E-state index in [1.54, 1.807) is 4.90 Å². The Morgan fingerprint density at radius 1 is 1.45 bits per heavy atom. The Hall–Kier alpha value is -2.56. The summed E-state index contributed by atoms with van der Waals surface area (Å²) in [6.45, 7) is 6.67. The van der Waals surface area contributed by atoms with E-state index < -0.39 is 0 Å². The summed E-state index contributed by atoms with van der Waals surface area (Å²) < 4.78 is 0. The molecule has 1 saturated heterocycles. The molecule has 2 N–H and O–H groups in total. The minimum absolute atomic E-state index is 0.00417. The molecule has 0 unspecified atom stereocenters. The number of benzene rings is 1. The smallest absolute Gasteiger partial charge is 0.254 e. The Morgan fingerprint density at radius 3 is 3.05 bits per heavy atom. The molecule has 0 radical (unpaired) electrons. The van der Waals surface area contributed by atoms with Crippen LogP contribution in [0.15, 0.2) is 37.1 Å². The lowest BCUT2D eigenvalue weighted by Gasteiger charge is -2.17. The van der Waals surface area contributed by atoms with Gasteiger partial charge in [-0.05, 0) is 37.1 Å². The standard InChI is InChI=1S/C17H19N3O2/c1-3-16(21)19-13-6-7-20(10-13)17(22)12-4-5-14-11(2)9-18-15(14)8-12/h3-5,8-9,13,18H,1,6-7,10H2,2H3,(H,19,21)/t13-/m0/s1. The molecule has 5 nitrogen and oxygen atoms in total. The first-order valence-corrected chi connectivity index (χ1v) is 7.38. The first-order valence-electron chi connectivity index (χ1n) is 7.38. The van der Waals surface area contributed by atoms with Gasteiger partial charge in [0.1, 0.15) is 0 Å². The first-order chi connectivity index (χ1) is 10.6. The lowest BCUT2D eigenvalue weighted by molar-refractivity contribution is -0.117. The monoisotopic (exact) mass is 297 g/mol. The van der Waals surface area contributed by atoms with E-state index in [2.05, 4.69) is 16.9 Å². The number of nitrogens with one attached hydrogen (secondary N) is 2. The van der Waals surface area contributed by atoms with Gasteiger partial charge in [-0.3, -0.25) is 9.59 Å². The molecule has 0 spiro atoms. The van der Waals surface area contributed by atoms with Gasteiger partial charge in [0, 0.05) is 41.8 Å². The minimum atomic E-state index is -0.192. The van der Waals surface area contributed by atoms with Gasteiger partial charge in [0.25, 0.3) is 5.91 Å². The highest BCUT2D eigenvalue weighted by Gasteiger charge is 2.27. The van der Waals surface area contributed by atoms with Crippen LogP contribution in [0.4, 0.5) is 0 Å². The number of likely N-dealkylation sites (tertiary alicyclic amines) is 1. The molecule has 5 heteroatoms. The van der Waals surface area contributed by atoms with Gasteiger partial charge in [-0.25, -0.2) is 0 Å². The van der Waals surface area contributed by atoms with Crippen molar-refractivity contribution in [3.63, 3.8) is 0 Å². The van der Waals surface area contributed by atoms with E-state index in [4.69, 9.17) is 0 Å². The molecule has 1 aliphatic heterocycles. The van der Waals surface area contributed by atoms with Gasteiger partial charge < -0.3 is 15.2 Å². The van der Waals surface area contributed by atoms with Crippen molar-refractivity contribution in [1.82, 2.24) is 15.2 Å². The predicted octanol–water partition coefficient (Wildman–Crippen LogP) is 1.99. The van der Waals surface area contributed by atoms with E-state index in [0.717, 1.165) is 17.3 Å². The zero-order valence-electron chi connectivity index (χ0n) is 12.6. The SMILES string of the molecule is C=CC(=O)N[C@H]1CCN(C(=O)c2ccc3c(C)c[nH]c3c2)C1. The van der Waals surface area contributed by atoms with Crippen LogP contribution in [0.2, 0.25) is 0 Å². The Labute approximate surface area is 129 Å². The molecule has 114 valence electrons. The highest BCUT2D eigenvalue weighted by atomic mass is 16.2. The molecule has 1 aromatic carbocycles. The summed E-state index contributed by atoms with van der Waals surface area (Å²) in [6.07, 6.45) is 3.97. The van der Waals surface area contributed by atoms with Crippen LogP contribution >= 0.6 is 0 Å². The Balaban J connectivity index is 1.73. The number of carbonyl (C=O) groups is 2. The third kappa shape index (κ3) is 2.62. The highest BCUT2D eigenvalue weighted by Crippen LogP contribution is 2.21. The van der Waals surface area contributed by atoms with Gasteiger partial charge in [0.05, 0.1) is 0 Å². The fourth-order valence-corrected chi connectivity index (χ4v) is 2.91. The van der Waals surface area contributed by atoms with Crippen LogP contribution in [0.3, 0.4) is 0 Å². The summed E-state index contributed by atoms with van der Waals surface area (Å²) in [5.41, 5.74) is 2.81. The largest absolute Gasteiger partial charge is 0.361 e. The number of rotatable bonds is 3. The third-order valence-electron chi connectivity index (χ3n) is 4.14. The van der Waals surface area contributed by atoms with Gasteiger partial charge in [0.2, 0.25) is 5.91 Å². The lowest BCUT2D eigenvalue weighted by atomic mass is 10.1. The van der Waals surface area contributed by atoms with Crippen molar-refractivity contribution in [2.75, 3.05) is 13.1 Å². The van der Waals surface area contributed by atoms with Crippen molar-refractivity contribution in [2.24, 2.45) is 0 Å². The summed E-state index contributed by atoms with van der Waals surface area (Å²) in [4.78, 5) is 28.9. The number of carbonyl (C=O) groups excluding carboxylic acids is 2. The van der Waals surface area contributed by atoms with Crippen molar-refractivity contribution in [1.29, 1.82) is 0 Å². The first kappa shape index (κ1) is 14.4. The molecule has 2 heterocycles. The lowest BCUT2D eigenvalue weighted by Crippen LogP contribution is -2.37. The number of aryl methyl sites for hydroxylation is 1. The summed E-state index contributed by atoms with van der Waals surface area (Å²) in [7, 11) is 0. The third-order valence-corrected chi connectivity index (χ3v) is 4.14. The maximum atomic E-state index is 12.6. The van der Waals surface area contributed by atoms with Gasteiger partial charge in [-0.1, -0.05) is 12.6 Å². The fourth-order valence-electron chi connectivity index (χ4n) is 2.91. The molecule has 0 aliphatic carbocycles. The maximum Gasteiger partial charge on any atom is 0.254 e. The maximum absolute atomic E-state index is 12.6. The van der Waals surface area contributed by atoms with Crippen LogP contribution in [0.5, 0.6) is 0 Å². The summed E-state index contributed by atoms with van der Waals surface area (Å²) >= 11 is 0. The second-order valence-corrected chi connectivity index (χ2v) is 5.68. The second kappa shape index (κ2) is 5.67. The molecule has 0 bridgehead atoms. The van der Waals surface area contributed by atoms with Crippen LogP contribution in [-0.2, 0) is 4.79 Å². The van der Waals surface area contributed by atoms with Crippen LogP contribution in [0.1, 0.15) is 22.3 Å². The van der Waals surface area contributed by atoms with E-state index in [1.807, 2.05) is 31.3 Å². The fraction of sp³-hybridized carbons (Fsp3) is 0.294. The highest BCUT2D eigenvalue weighted by molar-refractivity contribution is 5.98. The number of H-pyrrole nitrogens is 1. The number of nitrogens with zero attached hydrogens (tertiary/aromatic N) is 1. The molecule has 1 atom stereocenters. The van der Waals surface area contributed by atoms with Crippen molar-refractivity contribution in [3.05, 3.63) is 48.2 Å². The number of amides is 2. The van der Waals surface area contributed by atoms with Crippen molar-refractivity contribution < 1.29 is 9.59 Å². The number of hydrogen-bond donors (Lipinski definition) is 2. The minimum Gasteiger partial charge on any atom is -0.361 e. The van der Waals surface area contributed by atoms with E-state index in [0.29, 0.717) is 18.7 Å². The molecule has 3 rings (SSSR count). The molecular weight excluding hydrogens is 278 g/mol. The van der Waals surface area contributed by atoms with Crippen molar-refractivity contribution in [3.8, 4) is 0 Å². The van der Waals surface area contributed by atoms with Gasteiger partial charge in [-0.2, -0.15) is 0 Å².